The molecule has 25 heavy (non-hydrogen) atoms. The molecule has 1 amide bonds. The zero-order valence-electron chi connectivity index (χ0n) is 13.2. The topological polar surface area (TPSA) is 70.7 Å². The van der Waals surface area contributed by atoms with E-state index in [1.165, 1.54) is 11.8 Å². The predicted molar refractivity (Wildman–Crippen MR) is 101 cm³/mol. The molecule has 0 aliphatic rings. The van der Waals surface area contributed by atoms with Gasteiger partial charge in [-0.2, -0.15) is 0 Å². The van der Waals surface area contributed by atoms with Gasteiger partial charge >= 0.3 is 0 Å². The molecule has 0 aliphatic heterocycles. The molecule has 0 saturated carbocycles. The maximum absolute atomic E-state index is 12.9. The SMILES string of the molecule is Cc1nc(SC(C(=O)Nc2cc(Cl)cc(Cl)c2)c2ccccc2)n[nH]1. The minimum absolute atomic E-state index is 0.211. The van der Waals surface area contributed by atoms with E-state index in [4.69, 9.17) is 23.2 Å². The summed E-state index contributed by atoms with van der Waals surface area (Å²) < 4.78 is 0. The molecule has 0 saturated heterocycles. The zero-order valence-corrected chi connectivity index (χ0v) is 15.5. The van der Waals surface area contributed by atoms with Crippen LogP contribution in [0.3, 0.4) is 0 Å². The molecule has 0 spiro atoms. The molecule has 0 bridgehead atoms. The Labute approximate surface area is 159 Å². The normalized spacial score (nSPS) is 12.0. The van der Waals surface area contributed by atoms with Gasteiger partial charge in [0.05, 0.1) is 0 Å². The standard InChI is InChI=1S/C17H14Cl2N4OS/c1-10-20-17(23-22-10)25-15(11-5-3-2-4-6-11)16(24)21-14-8-12(18)7-13(19)9-14/h2-9,15H,1H3,(H,21,24)(H,20,22,23). The average molecular weight is 393 g/mol. The maximum atomic E-state index is 12.9. The predicted octanol–water partition coefficient (Wildman–Crippen LogP) is 4.89. The molecule has 0 fully saturated rings. The molecule has 1 unspecified atom stereocenters. The van der Waals surface area contributed by atoms with E-state index in [-0.39, 0.29) is 5.91 Å². The molecule has 2 N–H and O–H groups in total. The second kappa shape index (κ2) is 7.91. The van der Waals surface area contributed by atoms with Crippen molar-refractivity contribution in [1.82, 2.24) is 15.2 Å². The highest BCUT2D eigenvalue weighted by Crippen LogP contribution is 2.34. The van der Waals surface area contributed by atoms with Crippen LogP contribution in [0.15, 0.2) is 53.7 Å². The van der Waals surface area contributed by atoms with Gasteiger partial charge < -0.3 is 5.32 Å². The minimum atomic E-state index is -0.519. The van der Waals surface area contributed by atoms with Gasteiger partial charge in [0.15, 0.2) is 0 Å². The van der Waals surface area contributed by atoms with E-state index in [2.05, 4.69) is 20.5 Å². The Morgan fingerprint density at radius 3 is 2.44 bits per heavy atom. The second-order valence-electron chi connectivity index (χ2n) is 5.26. The van der Waals surface area contributed by atoms with Crippen molar-refractivity contribution in [2.75, 3.05) is 5.32 Å². The van der Waals surface area contributed by atoms with Gasteiger partial charge in [-0.3, -0.25) is 9.89 Å². The summed E-state index contributed by atoms with van der Waals surface area (Å²) in [5.74, 6) is 0.480. The number of halogens is 2. The number of carbonyl (C=O) groups is 1. The van der Waals surface area contributed by atoms with Gasteiger partial charge in [0.1, 0.15) is 11.1 Å². The van der Waals surface area contributed by atoms with E-state index in [1.807, 2.05) is 37.3 Å². The average Bonchev–Trinajstić information content (AvgIpc) is 2.97. The van der Waals surface area contributed by atoms with Crippen molar-refractivity contribution in [2.24, 2.45) is 0 Å². The molecule has 3 rings (SSSR count). The van der Waals surface area contributed by atoms with Crippen molar-refractivity contribution in [3.05, 3.63) is 70.0 Å². The van der Waals surface area contributed by atoms with E-state index in [0.29, 0.717) is 26.7 Å². The summed E-state index contributed by atoms with van der Waals surface area (Å²) in [5.41, 5.74) is 1.38. The summed E-state index contributed by atoms with van der Waals surface area (Å²) in [6.45, 7) is 1.81. The van der Waals surface area contributed by atoms with Crippen LogP contribution in [0.5, 0.6) is 0 Å². The minimum Gasteiger partial charge on any atom is -0.325 e. The largest absolute Gasteiger partial charge is 0.325 e. The molecule has 1 aromatic heterocycles. The molecule has 1 atom stereocenters. The van der Waals surface area contributed by atoms with Crippen molar-refractivity contribution < 1.29 is 4.79 Å². The van der Waals surface area contributed by atoms with E-state index in [9.17, 15) is 4.79 Å². The van der Waals surface area contributed by atoms with Crippen LogP contribution in [0.1, 0.15) is 16.6 Å². The van der Waals surface area contributed by atoms with E-state index in [1.54, 1.807) is 18.2 Å². The van der Waals surface area contributed by atoms with Crippen molar-refractivity contribution in [1.29, 1.82) is 0 Å². The van der Waals surface area contributed by atoms with Crippen molar-refractivity contribution in [3.63, 3.8) is 0 Å². The number of carbonyl (C=O) groups excluding carboxylic acids is 1. The first-order valence-corrected chi connectivity index (χ1v) is 9.02. The molecule has 5 nitrogen and oxygen atoms in total. The molecule has 0 radical (unpaired) electrons. The van der Waals surface area contributed by atoms with Gasteiger partial charge in [0, 0.05) is 15.7 Å². The number of aromatic nitrogens is 3. The van der Waals surface area contributed by atoms with Crippen LogP contribution in [-0.4, -0.2) is 21.1 Å². The van der Waals surface area contributed by atoms with Gasteiger partial charge in [-0.15, -0.1) is 5.10 Å². The van der Waals surface area contributed by atoms with Crippen molar-refractivity contribution in [3.8, 4) is 0 Å². The monoisotopic (exact) mass is 392 g/mol. The van der Waals surface area contributed by atoms with Crippen molar-refractivity contribution >= 4 is 46.6 Å². The van der Waals surface area contributed by atoms with E-state index in [0.717, 1.165) is 5.56 Å². The fraction of sp³-hybridized carbons (Fsp3) is 0.118. The first-order chi connectivity index (χ1) is 12.0. The summed E-state index contributed by atoms with van der Waals surface area (Å²) >= 11 is 13.3. The summed E-state index contributed by atoms with van der Waals surface area (Å²) in [4.78, 5) is 17.1. The van der Waals surface area contributed by atoms with Gasteiger partial charge in [-0.25, -0.2) is 4.98 Å². The molecule has 0 aliphatic carbocycles. The molecular weight excluding hydrogens is 379 g/mol. The number of rotatable bonds is 5. The molecule has 8 heteroatoms. The van der Waals surface area contributed by atoms with Crippen LogP contribution in [0.25, 0.3) is 0 Å². The lowest BCUT2D eigenvalue weighted by Gasteiger charge is -2.15. The van der Waals surface area contributed by atoms with Crippen LogP contribution >= 0.6 is 35.0 Å². The number of hydrogen-bond donors (Lipinski definition) is 2. The highest BCUT2D eigenvalue weighted by Gasteiger charge is 2.24. The number of hydrogen-bond acceptors (Lipinski definition) is 4. The third kappa shape index (κ3) is 4.75. The Hall–Kier alpha value is -2.02. The Morgan fingerprint density at radius 1 is 1.16 bits per heavy atom. The van der Waals surface area contributed by atoms with E-state index >= 15 is 0 Å². The van der Waals surface area contributed by atoms with Gasteiger partial charge in [0.25, 0.3) is 0 Å². The number of nitrogens with one attached hydrogen (secondary N) is 2. The van der Waals surface area contributed by atoms with E-state index < -0.39 is 5.25 Å². The zero-order chi connectivity index (χ0) is 17.8. The van der Waals surface area contributed by atoms with Crippen LogP contribution in [0.2, 0.25) is 10.0 Å². The van der Waals surface area contributed by atoms with Crippen LogP contribution in [0.4, 0.5) is 5.69 Å². The van der Waals surface area contributed by atoms with Crippen LogP contribution < -0.4 is 5.32 Å². The Morgan fingerprint density at radius 2 is 1.84 bits per heavy atom. The van der Waals surface area contributed by atoms with Gasteiger partial charge in [0.2, 0.25) is 11.1 Å². The molecule has 128 valence electrons. The number of benzene rings is 2. The number of H-pyrrole nitrogens is 1. The number of nitrogens with zero attached hydrogens (tertiary/aromatic N) is 2. The Balaban J connectivity index is 1.86. The maximum Gasteiger partial charge on any atom is 0.242 e. The summed E-state index contributed by atoms with van der Waals surface area (Å²) in [6.07, 6.45) is 0. The Kier molecular flexibility index (Phi) is 5.63. The smallest absolute Gasteiger partial charge is 0.242 e. The lowest BCUT2D eigenvalue weighted by Crippen LogP contribution is -2.19. The molecular formula is C17H14Cl2N4OS. The third-order valence-corrected chi connectivity index (χ3v) is 4.82. The summed E-state index contributed by atoms with van der Waals surface area (Å²) in [6, 6.07) is 14.4. The number of anilines is 1. The fourth-order valence-electron chi connectivity index (χ4n) is 2.21. The van der Waals surface area contributed by atoms with Gasteiger partial charge in [-0.1, -0.05) is 65.3 Å². The molecule has 1 heterocycles. The first kappa shape index (κ1) is 17.8. The first-order valence-electron chi connectivity index (χ1n) is 7.39. The number of amides is 1. The summed E-state index contributed by atoms with van der Waals surface area (Å²) in [7, 11) is 0. The third-order valence-electron chi connectivity index (χ3n) is 3.27. The quantitative estimate of drug-likeness (QED) is 0.606. The van der Waals surface area contributed by atoms with Crippen LogP contribution in [-0.2, 0) is 4.79 Å². The molecule has 3 aromatic rings. The number of thioether (sulfide) groups is 1. The van der Waals surface area contributed by atoms with Crippen molar-refractivity contribution in [2.45, 2.75) is 17.3 Å². The highest BCUT2D eigenvalue weighted by molar-refractivity contribution is 8.00. The lowest BCUT2D eigenvalue weighted by molar-refractivity contribution is -0.115. The lowest BCUT2D eigenvalue weighted by atomic mass is 10.1. The van der Waals surface area contributed by atoms with Gasteiger partial charge in [-0.05, 0) is 30.7 Å². The fourth-order valence-corrected chi connectivity index (χ4v) is 3.70. The second-order valence-corrected chi connectivity index (χ2v) is 7.20. The van der Waals surface area contributed by atoms with Crippen LogP contribution in [0, 0.1) is 6.92 Å². The number of aryl methyl sites for hydroxylation is 1. The summed E-state index contributed by atoms with van der Waals surface area (Å²) in [5, 5.41) is 10.6. The highest BCUT2D eigenvalue weighted by atomic mass is 35.5. The molecule has 2 aromatic carbocycles. The number of aromatic amines is 1. The Bertz CT molecular complexity index is 865.